The first kappa shape index (κ1) is 11.5. The van der Waals surface area contributed by atoms with Crippen LogP contribution in [0.15, 0.2) is 18.3 Å². The fraction of sp³-hybridized carbons (Fsp3) is 0.545. The average molecular weight is 214 g/mol. The van der Waals surface area contributed by atoms with E-state index in [1.807, 2.05) is 0 Å². The third kappa shape index (κ3) is 3.28. The minimum absolute atomic E-state index is 0.536. The molecular formula is C11H16ClNO. The molecule has 2 nitrogen and oxygen atoms in total. The van der Waals surface area contributed by atoms with Gasteiger partial charge in [-0.3, -0.25) is 4.98 Å². The molecule has 0 aliphatic rings. The molecule has 1 rings (SSSR count). The number of aliphatic hydroxyl groups excluding tert-OH is 1. The van der Waals surface area contributed by atoms with Crippen LogP contribution in [0.4, 0.5) is 0 Å². The lowest BCUT2D eigenvalue weighted by Crippen LogP contribution is -2.02. The van der Waals surface area contributed by atoms with Crippen molar-refractivity contribution in [3.63, 3.8) is 0 Å². The van der Waals surface area contributed by atoms with Gasteiger partial charge >= 0.3 is 0 Å². The minimum atomic E-state index is -0.536. The molecule has 0 amide bonds. The molecule has 1 atom stereocenters. The van der Waals surface area contributed by atoms with Gasteiger partial charge in [0.25, 0.3) is 0 Å². The van der Waals surface area contributed by atoms with Crippen LogP contribution in [0.25, 0.3) is 0 Å². The van der Waals surface area contributed by atoms with Gasteiger partial charge in [-0.25, -0.2) is 0 Å². The van der Waals surface area contributed by atoms with Crippen LogP contribution in [-0.2, 0) is 0 Å². The van der Waals surface area contributed by atoms with Crippen molar-refractivity contribution in [3.8, 4) is 0 Å². The van der Waals surface area contributed by atoms with Crippen molar-refractivity contribution in [3.05, 3.63) is 29.0 Å². The SMILES string of the molecule is CC(C)CCC(O)c1ncccc1Cl. The number of aliphatic hydroxyl groups is 1. The van der Waals surface area contributed by atoms with E-state index in [1.54, 1.807) is 18.3 Å². The molecule has 0 aliphatic heterocycles. The molecule has 0 spiro atoms. The van der Waals surface area contributed by atoms with Gasteiger partial charge in [0, 0.05) is 6.20 Å². The normalized spacial score (nSPS) is 13.2. The fourth-order valence-corrected chi connectivity index (χ4v) is 1.52. The van der Waals surface area contributed by atoms with Crippen LogP contribution in [0.2, 0.25) is 5.02 Å². The Bertz CT molecular complexity index is 288. The number of hydrogen-bond donors (Lipinski definition) is 1. The van der Waals surface area contributed by atoms with Crippen LogP contribution < -0.4 is 0 Å². The molecular weight excluding hydrogens is 198 g/mol. The van der Waals surface area contributed by atoms with E-state index >= 15 is 0 Å². The number of pyridine rings is 1. The van der Waals surface area contributed by atoms with Gasteiger partial charge in [-0.1, -0.05) is 25.4 Å². The quantitative estimate of drug-likeness (QED) is 0.833. The summed E-state index contributed by atoms with van der Waals surface area (Å²) < 4.78 is 0. The Balaban J connectivity index is 2.60. The highest BCUT2D eigenvalue weighted by Crippen LogP contribution is 2.24. The summed E-state index contributed by atoms with van der Waals surface area (Å²) >= 11 is 5.91. The van der Waals surface area contributed by atoms with Crippen LogP contribution in [0.5, 0.6) is 0 Å². The van der Waals surface area contributed by atoms with Crippen molar-refractivity contribution in [2.45, 2.75) is 32.8 Å². The van der Waals surface area contributed by atoms with E-state index in [-0.39, 0.29) is 0 Å². The first-order chi connectivity index (χ1) is 6.61. The summed E-state index contributed by atoms with van der Waals surface area (Å²) in [6.07, 6.45) is 2.81. The first-order valence-electron chi connectivity index (χ1n) is 4.89. The molecule has 0 saturated heterocycles. The first-order valence-corrected chi connectivity index (χ1v) is 5.27. The van der Waals surface area contributed by atoms with Crippen LogP contribution in [-0.4, -0.2) is 10.1 Å². The zero-order chi connectivity index (χ0) is 10.6. The number of aromatic nitrogens is 1. The fourth-order valence-electron chi connectivity index (χ4n) is 1.27. The zero-order valence-corrected chi connectivity index (χ0v) is 9.33. The summed E-state index contributed by atoms with van der Waals surface area (Å²) in [6, 6.07) is 3.52. The van der Waals surface area contributed by atoms with Crippen molar-refractivity contribution >= 4 is 11.6 Å². The van der Waals surface area contributed by atoms with Gasteiger partial charge in [-0.2, -0.15) is 0 Å². The van der Waals surface area contributed by atoms with E-state index in [0.29, 0.717) is 23.1 Å². The molecule has 1 N–H and O–H groups in total. The lowest BCUT2D eigenvalue weighted by Gasteiger charge is -2.12. The minimum Gasteiger partial charge on any atom is -0.387 e. The zero-order valence-electron chi connectivity index (χ0n) is 8.57. The second kappa shape index (κ2) is 5.32. The monoisotopic (exact) mass is 213 g/mol. The number of halogens is 1. The molecule has 0 saturated carbocycles. The summed E-state index contributed by atoms with van der Waals surface area (Å²) in [5, 5.41) is 10.3. The highest BCUT2D eigenvalue weighted by molar-refractivity contribution is 6.31. The summed E-state index contributed by atoms with van der Waals surface area (Å²) in [5.74, 6) is 0.590. The second-order valence-electron chi connectivity index (χ2n) is 3.86. The number of nitrogens with zero attached hydrogens (tertiary/aromatic N) is 1. The largest absolute Gasteiger partial charge is 0.387 e. The van der Waals surface area contributed by atoms with E-state index in [4.69, 9.17) is 11.6 Å². The molecule has 1 aromatic heterocycles. The Morgan fingerprint density at radius 1 is 1.43 bits per heavy atom. The Kier molecular flexibility index (Phi) is 4.36. The van der Waals surface area contributed by atoms with Crippen LogP contribution in [0, 0.1) is 5.92 Å². The molecule has 1 heterocycles. The van der Waals surface area contributed by atoms with Crippen LogP contribution in [0.3, 0.4) is 0 Å². The molecule has 78 valence electrons. The Labute approximate surface area is 89.9 Å². The predicted molar refractivity (Wildman–Crippen MR) is 58.3 cm³/mol. The van der Waals surface area contributed by atoms with Gasteiger partial charge in [0.05, 0.1) is 16.8 Å². The summed E-state index contributed by atoms with van der Waals surface area (Å²) in [4.78, 5) is 4.07. The van der Waals surface area contributed by atoms with Crippen molar-refractivity contribution < 1.29 is 5.11 Å². The highest BCUT2D eigenvalue weighted by Gasteiger charge is 2.12. The maximum absolute atomic E-state index is 9.80. The third-order valence-electron chi connectivity index (χ3n) is 2.12. The van der Waals surface area contributed by atoms with E-state index in [2.05, 4.69) is 18.8 Å². The van der Waals surface area contributed by atoms with E-state index in [1.165, 1.54) is 0 Å². The van der Waals surface area contributed by atoms with Crippen molar-refractivity contribution in [1.82, 2.24) is 4.98 Å². The topological polar surface area (TPSA) is 33.1 Å². The average Bonchev–Trinajstić information content (AvgIpc) is 2.15. The van der Waals surface area contributed by atoms with Gasteiger partial charge in [0.15, 0.2) is 0 Å². The standard InChI is InChI=1S/C11H16ClNO/c1-8(2)5-6-10(14)11-9(12)4-3-7-13-11/h3-4,7-8,10,14H,5-6H2,1-2H3. The molecule has 0 aromatic carbocycles. The van der Waals surface area contributed by atoms with Crippen molar-refractivity contribution in [2.24, 2.45) is 5.92 Å². The predicted octanol–water partition coefficient (Wildman–Crippen LogP) is 3.20. The Hall–Kier alpha value is -0.600. The summed E-state index contributed by atoms with van der Waals surface area (Å²) in [6.45, 7) is 4.26. The molecule has 3 heteroatoms. The van der Waals surface area contributed by atoms with E-state index in [9.17, 15) is 5.11 Å². The molecule has 0 aliphatic carbocycles. The highest BCUT2D eigenvalue weighted by atomic mass is 35.5. The molecule has 1 unspecified atom stereocenters. The van der Waals surface area contributed by atoms with Gasteiger partial charge in [-0.05, 0) is 30.9 Å². The Morgan fingerprint density at radius 3 is 2.71 bits per heavy atom. The summed E-state index contributed by atoms with van der Waals surface area (Å²) in [7, 11) is 0. The number of hydrogen-bond acceptors (Lipinski definition) is 2. The maximum Gasteiger partial charge on any atom is 0.0975 e. The van der Waals surface area contributed by atoms with Gasteiger partial charge < -0.3 is 5.11 Å². The third-order valence-corrected chi connectivity index (χ3v) is 2.44. The molecule has 0 radical (unpaired) electrons. The molecule has 0 bridgehead atoms. The maximum atomic E-state index is 9.80. The summed E-state index contributed by atoms with van der Waals surface area (Å²) in [5.41, 5.74) is 0.592. The second-order valence-corrected chi connectivity index (χ2v) is 4.26. The smallest absolute Gasteiger partial charge is 0.0975 e. The van der Waals surface area contributed by atoms with Gasteiger partial charge in [0.1, 0.15) is 0 Å². The van der Waals surface area contributed by atoms with Crippen LogP contribution in [0.1, 0.15) is 38.5 Å². The van der Waals surface area contributed by atoms with Gasteiger partial charge in [0.2, 0.25) is 0 Å². The van der Waals surface area contributed by atoms with Gasteiger partial charge in [-0.15, -0.1) is 0 Å². The molecule has 14 heavy (non-hydrogen) atoms. The molecule has 1 aromatic rings. The Morgan fingerprint density at radius 2 is 2.14 bits per heavy atom. The van der Waals surface area contributed by atoms with Crippen LogP contribution >= 0.6 is 11.6 Å². The lowest BCUT2D eigenvalue weighted by molar-refractivity contribution is 0.155. The van der Waals surface area contributed by atoms with E-state index in [0.717, 1.165) is 6.42 Å². The van der Waals surface area contributed by atoms with E-state index < -0.39 is 6.10 Å². The number of rotatable bonds is 4. The molecule has 0 fully saturated rings. The van der Waals surface area contributed by atoms with Crippen molar-refractivity contribution in [2.75, 3.05) is 0 Å². The lowest BCUT2D eigenvalue weighted by atomic mass is 10.0. The van der Waals surface area contributed by atoms with Crippen molar-refractivity contribution in [1.29, 1.82) is 0 Å².